The van der Waals surface area contributed by atoms with Crippen molar-refractivity contribution >= 4 is 19.9 Å². The fourth-order valence-electron chi connectivity index (χ4n) is 1.63. The smallest absolute Gasteiger partial charge is 0.0631 e. The average Bonchev–Trinajstić information content (AvgIpc) is 2.31. The molecule has 2 radical (unpaired) electrons. The summed E-state index contributed by atoms with van der Waals surface area (Å²) in [6.07, 6.45) is 1.12. The van der Waals surface area contributed by atoms with E-state index in [4.69, 9.17) is 0 Å². The van der Waals surface area contributed by atoms with Crippen LogP contribution in [-0.4, -0.2) is 9.52 Å². The highest BCUT2D eigenvalue weighted by Gasteiger charge is 2.01. The minimum atomic E-state index is 0.782. The van der Waals surface area contributed by atoms with Gasteiger partial charge < -0.3 is 0 Å². The van der Waals surface area contributed by atoms with Crippen LogP contribution in [0.25, 0.3) is 0 Å². The van der Waals surface area contributed by atoms with Crippen LogP contribution in [0.1, 0.15) is 12.5 Å². The zero-order valence-electron chi connectivity index (χ0n) is 8.90. The predicted octanol–water partition coefficient (Wildman–Crippen LogP) is 1.90. The Labute approximate surface area is 93.8 Å². The molecule has 0 saturated carbocycles. The molecule has 2 rings (SSSR count). The first-order valence-electron chi connectivity index (χ1n) is 5.30. The molecule has 0 N–H and O–H groups in total. The van der Waals surface area contributed by atoms with E-state index in [-0.39, 0.29) is 0 Å². The van der Waals surface area contributed by atoms with Crippen LogP contribution in [0.5, 0.6) is 0 Å². The largest absolute Gasteiger partial charge is 0.121 e. The SMILES string of the molecule is CCc1ccccc1[Si]c1ccccc1. The maximum absolute atomic E-state index is 2.24. The Morgan fingerprint density at radius 1 is 0.867 bits per heavy atom. The standard InChI is InChI=1S/C14H14Si/c1-2-12-8-6-7-11-14(12)15-13-9-4-3-5-10-13/h3-11H,2H2,1H3. The Hall–Kier alpha value is -1.34. The van der Waals surface area contributed by atoms with Gasteiger partial charge in [0.05, 0.1) is 0 Å². The summed E-state index contributed by atoms with van der Waals surface area (Å²) >= 11 is 0. The lowest BCUT2D eigenvalue weighted by Gasteiger charge is -2.06. The summed E-state index contributed by atoms with van der Waals surface area (Å²) in [5.41, 5.74) is 1.47. The highest BCUT2D eigenvalue weighted by Crippen LogP contribution is 1.96. The molecular weight excluding hydrogens is 196 g/mol. The topological polar surface area (TPSA) is 0 Å². The lowest BCUT2D eigenvalue weighted by Crippen LogP contribution is -2.29. The fourth-order valence-corrected chi connectivity index (χ4v) is 2.90. The lowest BCUT2D eigenvalue weighted by atomic mass is 10.2. The van der Waals surface area contributed by atoms with Gasteiger partial charge in [0, 0.05) is 0 Å². The van der Waals surface area contributed by atoms with E-state index in [9.17, 15) is 0 Å². The molecule has 15 heavy (non-hydrogen) atoms. The molecule has 0 aromatic heterocycles. The van der Waals surface area contributed by atoms with Gasteiger partial charge in [0.25, 0.3) is 0 Å². The minimum Gasteiger partial charge on any atom is -0.0631 e. The van der Waals surface area contributed by atoms with Crippen LogP contribution < -0.4 is 10.4 Å². The minimum absolute atomic E-state index is 0.782. The van der Waals surface area contributed by atoms with Gasteiger partial charge in [-0.15, -0.1) is 0 Å². The van der Waals surface area contributed by atoms with Gasteiger partial charge in [-0.05, 0) is 12.0 Å². The summed E-state index contributed by atoms with van der Waals surface area (Å²) in [6.45, 7) is 2.22. The van der Waals surface area contributed by atoms with Crippen LogP contribution in [-0.2, 0) is 6.42 Å². The molecule has 74 valence electrons. The van der Waals surface area contributed by atoms with Gasteiger partial charge in [-0.1, -0.05) is 71.9 Å². The molecule has 1 heteroatoms. The molecule has 0 fully saturated rings. The predicted molar refractivity (Wildman–Crippen MR) is 67.3 cm³/mol. The van der Waals surface area contributed by atoms with Gasteiger partial charge in [0.15, 0.2) is 0 Å². The van der Waals surface area contributed by atoms with Crippen molar-refractivity contribution in [3.05, 3.63) is 60.2 Å². The van der Waals surface area contributed by atoms with Gasteiger partial charge in [0.1, 0.15) is 9.52 Å². The highest BCUT2D eigenvalue weighted by atomic mass is 28.2. The Balaban J connectivity index is 2.24. The second kappa shape index (κ2) is 4.94. The summed E-state index contributed by atoms with van der Waals surface area (Å²) in [4.78, 5) is 0. The van der Waals surface area contributed by atoms with Crippen LogP contribution >= 0.6 is 0 Å². The normalized spacial score (nSPS) is 10.2. The van der Waals surface area contributed by atoms with E-state index in [1.165, 1.54) is 15.9 Å². The van der Waals surface area contributed by atoms with Crippen LogP contribution in [0.4, 0.5) is 0 Å². The number of hydrogen-bond donors (Lipinski definition) is 0. The van der Waals surface area contributed by atoms with Gasteiger partial charge in [-0.2, -0.15) is 0 Å². The van der Waals surface area contributed by atoms with Crippen molar-refractivity contribution in [2.24, 2.45) is 0 Å². The second-order valence-electron chi connectivity index (χ2n) is 3.50. The molecule has 2 aromatic carbocycles. The zero-order chi connectivity index (χ0) is 10.5. The number of hydrogen-bond acceptors (Lipinski definition) is 0. The Kier molecular flexibility index (Phi) is 3.35. The molecule has 0 saturated heterocycles. The molecule has 0 atom stereocenters. The first-order chi connectivity index (χ1) is 7.40. The van der Waals surface area contributed by atoms with E-state index in [0.29, 0.717) is 0 Å². The van der Waals surface area contributed by atoms with E-state index in [1.54, 1.807) is 0 Å². The average molecular weight is 210 g/mol. The van der Waals surface area contributed by atoms with Crippen LogP contribution in [0.2, 0.25) is 0 Å². The van der Waals surface area contributed by atoms with Gasteiger partial charge in [0.2, 0.25) is 0 Å². The van der Waals surface area contributed by atoms with Gasteiger partial charge in [-0.3, -0.25) is 0 Å². The fraction of sp³-hybridized carbons (Fsp3) is 0.143. The van der Waals surface area contributed by atoms with Crippen LogP contribution in [0.15, 0.2) is 54.6 Å². The molecule has 0 aliphatic rings. The quantitative estimate of drug-likeness (QED) is 0.679. The zero-order valence-corrected chi connectivity index (χ0v) is 9.90. The van der Waals surface area contributed by atoms with Crippen molar-refractivity contribution in [3.63, 3.8) is 0 Å². The monoisotopic (exact) mass is 210 g/mol. The molecule has 0 spiro atoms. The third-order valence-electron chi connectivity index (χ3n) is 2.45. The molecule has 0 amide bonds. The van der Waals surface area contributed by atoms with Gasteiger partial charge >= 0.3 is 0 Å². The number of benzene rings is 2. The van der Waals surface area contributed by atoms with E-state index >= 15 is 0 Å². The van der Waals surface area contributed by atoms with Crippen LogP contribution in [0.3, 0.4) is 0 Å². The molecule has 0 nitrogen and oxygen atoms in total. The van der Waals surface area contributed by atoms with E-state index in [2.05, 4.69) is 61.5 Å². The molecule has 0 aliphatic heterocycles. The number of rotatable bonds is 3. The third kappa shape index (κ3) is 2.57. The highest BCUT2D eigenvalue weighted by molar-refractivity contribution is 6.67. The van der Waals surface area contributed by atoms with E-state index in [1.807, 2.05) is 0 Å². The summed E-state index contributed by atoms with van der Waals surface area (Å²) in [6, 6.07) is 19.4. The Bertz CT molecular complexity index is 420. The van der Waals surface area contributed by atoms with Crippen molar-refractivity contribution in [2.45, 2.75) is 13.3 Å². The van der Waals surface area contributed by atoms with Crippen molar-refractivity contribution in [1.82, 2.24) is 0 Å². The van der Waals surface area contributed by atoms with Crippen molar-refractivity contribution in [3.8, 4) is 0 Å². The molecule has 2 aromatic rings. The first-order valence-corrected chi connectivity index (χ1v) is 6.30. The Morgan fingerprint density at radius 2 is 1.53 bits per heavy atom. The van der Waals surface area contributed by atoms with E-state index in [0.717, 1.165) is 15.9 Å². The first kappa shape index (κ1) is 10.2. The lowest BCUT2D eigenvalue weighted by molar-refractivity contribution is 1.15. The summed E-state index contributed by atoms with van der Waals surface area (Å²) in [5, 5.41) is 2.89. The second-order valence-corrected chi connectivity index (χ2v) is 4.87. The van der Waals surface area contributed by atoms with Gasteiger partial charge in [-0.25, -0.2) is 0 Å². The summed E-state index contributed by atoms with van der Waals surface area (Å²) < 4.78 is 0. The van der Waals surface area contributed by atoms with Crippen molar-refractivity contribution in [2.75, 3.05) is 0 Å². The third-order valence-corrected chi connectivity index (χ3v) is 3.83. The molecule has 0 unspecified atom stereocenters. The molecule has 0 aliphatic carbocycles. The summed E-state index contributed by atoms with van der Waals surface area (Å²) in [7, 11) is 0.782. The van der Waals surface area contributed by atoms with Crippen LogP contribution in [0, 0.1) is 0 Å². The van der Waals surface area contributed by atoms with E-state index < -0.39 is 0 Å². The number of aryl methyl sites for hydroxylation is 1. The molecule has 0 bridgehead atoms. The van der Waals surface area contributed by atoms with Crippen molar-refractivity contribution < 1.29 is 0 Å². The summed E-state index contributed by atoms with van der Waals surface area (Å²) in [5.74, 6) is 0. The van der Waals surface area contributed by atoms with Crippen molar-refractivity contribution in [1.29, 1.82) is 0 Å². The maximum Gasteiger partial charge on any atom is 0.121 e. The molecule has 0 heterocycles. The maximum atomic E-state index is 2.24. The molecular formula is C14H14Si. The Morgan fingerprint density at radius 3 is 2.27 bits per heavy atom.